The van der Waals surface area contributed by atoms with Gasteiger partial charge in [-0.25, -0.2) is 13.6 Å². The van der Waals surface area contributed by atoms with Crippen molar-refractivity contribution in [2.24, 2.45) is 5.92 Å². The summed E-state index contributed by atoms with van der Waals surface area (Å²) in [6.07, 6.45) is 1.08. The van der Waals surface area contributed by atoms with Gasteiger partial charge >= 0.3 is 6.09 Å². The number of thiocarbonyl (C=S) groups is 1. The third-order valence-electron chi connectivity index (χ3n) is 5.68. The largest absolute Gasteiger partial charge is 0.442 e. The molecule has 7 nitrogen and oxygen atoms in total. The van der Waals surface area contributed by atoms with Crippen LogP contribution in [-0.4, -0.2) is 67.3 Å². The fourth-order valence-corrected chi connectivity index (χ4v) is 4.12. The minimum Gasteiger partial charge on any atom is -0.442 e. The van der Waals surface area contributed by atoms with Crippen LogP contribution >= 0.6 is 12.2 Å². The van der Waals surface area contributed by atoms with Crippen LogP contribution in [0.3, 0.4) is 0 Å². The number of carbonyl (C=O) groups excluding carboxylic acids is 2. The first kappa shape index (κ1) is 20.8. The van der Waals surface area contributed by atoms with Crippen molar-refractivity contribution in [3.8, 4) is 0 Å². The van der Waals surface area contributed by atoms with Crippen molar-refractivity contribution in [3.05, 3.63) is 23.8 Å². The highest BCUT2D eigenvalue weighted by Crippen LogP contribution is 2.32. The predicted molar refractivity (Wildman–Crippen MR) is 112 cm³/mol. The van der Waals surface area contributed by atoms with Crippen molar-refractivity contribution in [1.29, 1.82) is 0 Å². The fraction of sp³-hybridized carbons (Fsp3) is 0.550. The number of amides is 2. The summed E-state index contributed by atoms with van der Waals surface area (Å²) in [7, 11) is 0. The van der Waals surface area contributed by atoms with Gasteiger partial charge in [-0.3, -0.25) is 9.69 Å². The van der Waals surface area contributed by atoms with E-state index in [-0.39, 0.29) is 23.8 Å². The van der Waals surface area contributed by atoms with E-state index in [4.69, 9.17) is 17.0 Å². The standard InChI is InChI=1S/C20H24F2N4O3S/c1-12(27)24-4-6-25(7-5-24)18-16(21)8-14(9-17(18)22)26-11-15(29-20(26)28)10-23-19(30)13-2-3-13/h8-9,13,15H,2-7,10-11H2,1H3,(H,23,30). The van der Waals surface area contributed by atoms with E-state index in [0.717, 1.165) is 30.0 Å². The molecule has 3 aliphatic rings. The molecule has 0 bridgehead atoms. The van der Waals surface area contributed by atoms with E-state index in [9.17, 15) is 18.4 Å². The van der Waals surface area contributed by atoms with Crippen LogP contribution in [0.1, 0.15) is 19.8 Å². The Labute approximate surface area is 178 Å². The van der Waals surface area contributed by atoms with Crippen LogP contribution in [0.2, 0.25) is 0 Å². The zero-order valence-electron chi connectivity index (χ0n) is 16.7. The number of hydrogen-bond acceptors (Lipinski definition) is 5. The van der Waals surface area contributed by atoms with E-state index >= 15 is 0 Å². The molecular formula is C20H24F2N4O3S. The van der Waals surface area contributed by atoms with Gasteiger partial charge in [-0.15, -0.1) is 0 Å². The van der Waals surface area contributed by atoms with E-state index < -0.39 is 23.8 Å². The normalized spacial score (nSPS) is 21.6. The van der Waals surface area contributed by atoms with Crippen molar-refractivity contribution < 1.29 is 23.1 Å². The predicted octanol–water partition coefficient (Wildman–Crippen LogP) is 2.29. The molecule has 1 aliphatic carbocycles. The first-order valence-electron chi connectivity index (χ1n) is 10.1. The van der Waals surface area contributed by atoms with Gasteiger partial charge in [0.05, 0.1) is 23.8 Å². The van der Waals surface area contributed by atoms with Gasteiger partial charge in [0.2, 0.25) is 5.91 Å². The maximum absolute atomic E-state index is 14.8. The van der Waals surface area contributed by atoms with Crippen LogP contribution in [0.25, 0.3) is 0 Å². The number of nitrogens with zero attached hydrogens (tertiary/aromatic N) is 3. The van der Waals surface area contributed by atoms with Crippen LogP contribution in [0, 0.1) is 17.6 Å². The molecule has 0 aromatic heterocycles. The molecule has 2 heterocycles. The zero-order valence-corrected chi connectivity index (χ0v) is 17.5. The van der Waals surface area contributed by atoms with Crippen LogP contribution in [0.15, 0.2) is 12.1 Å². The minimum absolute atomic E-state index is 0.0552. The SMILES string of the molecule is CC(=O)N1CCN(c2c(F)cc(N3CC(CNC(=S)C4CC4)OC3=O)cc2F)CC1. The van der Waals surface area contributed by atoms with Gasteiger partial charge in [-0.05, 0) is 12.8 Å². The van der Waals surface area contributed by atoms with E-state index in [1.165, 1.54) is 11.8 Å². The van der Waals surface area contributed by atoms with Crippen molar-refractivity contribution in [1.82, 2.24) is 10.2 Å². The molecular weight excluding hydrogens is 414 g/mol. The number of ether oxygens (including phenoxy) is 1. The summed E-state index contributed by atoms with van der Waals surface area (Å²) in [4.78, 5) is 28.9. The number of halogens is 2. The number of carbonyl (C=O) groups is 2. The highest BCUT2D eigenvalue weighted by atomic mass is 32.1. The van der Waals surface area contributed by atoms with Crippen molar-refractivity contribution in [2.75, 3.05) is 49.1 Å². The lowest BCUT2D eigenvalue weighted by Gasteiger charge is -2.36. The summed E-state index contributed by atoms with van der Waals surface area (Å²) in [5.74, 6) is -1.13. The summed E-state index contributed by atoms with van der Waals surface area (Å²) in [5.41, 5.74) is -0.0177. The molecule has 2 aliphatic heterocycles. The van der Waals surface area contributed by atoms with Crippen LogP contribution < -0.4 is 15.1 Å². The van der Waals surface area contributed by atoms with Gasteiger partial charge in [0, 0.05) is 51.2 Å². The third kappa shape index (κ3) is 4.33. The van der Waals surface area contributed by atoms with Crippen molar-refractivity contribution >= 4 is 40.6 Å². The molecule has 1 saturated carbocycles. The Morgan fingerprint density at radius 2 is 1.83 bits per heavy atom. The van der Waals surface area contributed by atoms with E-state index in [1.54, 1.807) is 9.80 Å². The summed E-state index contributed by atoms with van der Waals surface area (Å²) in [6, 6.07) is 2.31. The molecule has 2 saturated heterocycles. The van der Waals surface area contributed by atoms with E-state index in [2.05, 4.69) is 5.32 Å². The Kier molecular flexibility index (Phi) is 5.77. The van der Waals surface area contributed by atoms with Gasteiger partial charge < -0.3 is 19.9 Å². The Balaban J connectivity index is 1.42. The Morgan fingerprint density at radius 3 is 2.40 bits per heavy atom. The van der Waals surface area contributed by atoms with E-state index in [1.807, 2.05) is 0 Å². The minimum atomic E-state index is -0.745. The smallest absolute Gasteiger partial charge is 0.414 e. The Bertz CT molecular complexity index is 849. The second-order valence-corrected chi connectivity index (χ2v) is 8.33. The van der Waals surface area contributed by atoms with Crippen LogP contribution in [0.4, 0.5) is 25.0 Å². The number of piperazine rings is 1. The molecule has 10 heteroatoms. The van der Waals surface area contributed by atoms with Crippen molar-refractivity contribution in [3.63, 3.8) is 0 Å². The maximum atomic E-state index is 14.8. The first-order valence-corrected chi connectivity index (χ1v) is 10.5. The van der Waals surface area contributed by atoms with Gasteiger partial charge in [-0.2, -0.15) is 0 Å². The zero-order chi connectivity index (χ0) is 21.4. The van der Waals surface area contributed by atoms with E-state index in [0.29, 0.717) is 38.6 Å². The van der Waals surface area contributed by atoms with Crippen LogP contribution in [-0.2, 0) is 9.53 Å². The number of anilines is 2. The quantitative estimate of drug-likeness (QED) is 0.712. The summed E-state index contributed by atoms with van der Waals surface area (Å²) < 4.78 is 34.9. The monoisotopic (exact) mass is 438 g/mol. The molecule has 162 valence electrons. The second-order valence-electron chi connectivity index (χ2n) is 7.89. The number of cyclic esters (lactones) is 1. The topological polar surface area (TPSA) is 65.1 Å². The summed E-state index contributed by atoms with van der Waals surface area (Å²) >= 11 is 5.27. The van der Waals surface area contributed by atoms with Crippen molar-refractivity contribution in [2.45, 2.75) is 25.9 Å². The summed E-state index contributed by atoms with van der Waals surface area (Å²) in [6.45, 7) is 3.54. The average molecular weight is 439 g/mol. The molecule has 4 rings (SSSR count). The molecule has 0 radical (unpaired) electrons. The number of benzene rings is 1. The lowest BCUT2D eigenvalue weighted by Crippen LogP contribution is -2.48. The van der Waals surface area contributed by atoms with Crippen LogP contribution in [0.5, 0.6) is 0 Å². The van der Waals surface area contributed by atoms with Gasteiger partial charge in [-0.1, -0.05) is 12.2 Å². The molecule has 30 heavy (non-hydrogen) atoms. The second kappa shape index (κ2) is 8.33. The Morgan fingerprint density at radius 1 is 1.20 bits per heavy atom. The molecule has 1 aromatic rings. The molecule has 1 unspecified atom stereocenters. The molecule has 1 aromatic carbocycles. The highest BCUT2D eigenvalue weighted by molar-refractivity contribution is 7.80. The summed E-state index contributed by atoms with van der Waals surface area (Å²) in [5, 5.41) is 3.11. The lowest BCUT2D eigenvalue weighted by molar-refractivity contribution is -0.129. The molecule has 2 amide bonds. The molecule has 1 N–H and O–H groups in total. The number of rotatable bonds is 5. The lowest BCUT2D eigenvalue weighted by atomic mass is 10.2. The molecule has 0 spiro atoms. The van der Waals surface area contributed by atoms with Gasteiger partial charge in [0.15, 0.2) is 11.6 Å². The fourth-order valence-electron chi connectivity index (χ4n) is 3.80. The molecule has 1 atom stereocenters. The third-order valence-corrected chi connectivity index (χ3v) is 6.16. The highest BCUT2D eigenvalue weighted by Gasteiger charge is 2.35. The number of hydrogen-bond donors (Lipinski definition) is 1. The van der Waals surface area contributed by atoms with Gasteiger partial charge in [0.1, 0.15) is 11.8 Å². The maximum Gasteiger partial charge on any atom is 0.414 e. The first-order chi connectivity index (χ1) is 14.3. The number of nitrogens with one attached hydrogen (secondary N) is 1. The molecule has 3 fully saturated rings. The Hall–Kier alpha value is -2.49. The van der Waals surface area contributed by atoms with Gasteiger partial charge in [0.25, 0.3) is 0 Å². The average Bonchev–Trinajstić information content (AvgIpc) is 3.48.